The first kappa shape index (κ1) is 12.9. The summed E-state index contributed by atoms with van der Waals surface area (Å²) in [4.78, 5) is 11.1. The fourth-order valence-corrected chi connectivity index (χ4v) is 1.30. The van der Waals surface area contributed by atoms with Crippen LogP contribution in [0.4, 0.5) is 0 Å². The maximum absolute atomic E-state index is 11.1. The van der Waals surface area contributed by atoms with Crippen LogP contribution in [0.5, 0.6) is 0 Å². The fraction of sp³-hybridized carbons (Fsp3) is 0.875. The molecule has 0 rings (SSSR count). The predicted molar refractivity (Wildman–Crippen MR) is 53.9 cm³/mol. The van der Waals surface area contributed by atoms with Crippen molar-refractivity contribution in [1.82, 2.24) is 5.32 Å². The van der Waals surface area contributed by atoms with E-state index in [0.717, 1.165) is 0 Å². The number of aliphatic hydroxyl groups excluding tert-OH is 1. The third-order valence-electron chi connectivity index (χ3n) is 1.53. The first-order valence-electron chi connectivity index (χ1n) is 4.19. The lowest BCUT2D eigenvalue weighted by Gasteiger charge is -2.16. The molecule has 13 heavy (non-hydrogen) atoms. The molecule has 0 spiro atoms. The summed E-state index contributed by atoms with van der Waals surface area (Å²) in [5, 5.41) is 12.1. The number of methoxy groups -OCH3 is 1. The van der Waals surface area contributed by atoms with Crippen molar-refractivity contribution in [1.29, 1.82) is 0 Å². The normalized spacial score (nSPS) is 12.5. The number of hydrogen-bond acceptors (Lipinski definition) is 3. The molecular formula is C8H16BrNO3. The molecule has 1 atom stereocenters. The van der Waals surface area contributed by atoms with Crippen molar-refractivity contribution in [2.75, 3.05) is 25.7 Å². The minimum atomic E-state index is -0.0819. The number of carbonyl (C=O) groups excluding carboxylic acids is 1. The summed E-state index contributed by atoms with van der Waals surface area (Å²) < 4.78 is 4.90. The number of halogens is 1. The third-order valence-corrected chi connectivity index (χ3v) is 1.93. The van der Waals surface area contributed by atoms with Crippen molar-refractivity contribution in [2.24, 2.45) is 0 Å². The predicted octanol–water partition coefficient (Wildman–Crippen LogP) is 0.285. The molecule has 0 heterocycles. The van der Waals surface area contributed by atoms with Crippen LogP contribution in [0.1, 0.15) is 12.8 Å². The van der Waals surface area contributed by atoms with Gasteiger partial charge in [0.1, 0.15) is 0 Å². The molecule has 0 bridgehead atoms. The van der Waals surface area contributed by atoms with Crippen molar-refractivity contribution in [3.8, 4) is 0 Å². The van der Waals surface area contributed by atoms with Crippen molar-refractivity contribution in [2.45, 2.75) is 18.9 Å². The van der Waals surface area contributed by atoms with E-state index in [4.69, 9.17) is 9.84 Å². The van der Waals surface area contributed by atoms with Crippen molar-refractivity contribution >= 4 is 21.8 Å². The molecule has 1 amide bonds. The smallest absolute Gasteiger partial charge is 0.221 e. The van der Waals surface area contributed by atoms with E-state index in [1.54, 1.807) is 7.11 Å². The Labute approximate surface area is 86.8 Å². The molecule has 5 heteroatoms. The molecule has 0 aliphatic rings. The SMILES string of the molecule is COCC(CCO)NC(=O)CCBr. The molecule has 0 aromatic heterocycles. The molecular weight excluding hydrogens is 238 g/mol. The number of rotatable bonds is 7. The number of nitrogens with one attached hydrogen (secondary N) is 1. The molecule has 1 unspecified atom stereocenters. The van der Waals surface area contributed by atoms with Crippen LogP contribution < -0.4 is 5.32 Å². The van der Waals surface area contributed by atoms with Gasteiger partial charge in [-0.25, -0.2) is 0 Å². The molecule has 78 valence electrons. The molecule has 0 aliphatic carbocycles. The summed E-state index contributed by atoms with van der Waals surface area (Å²) >= 11 is 3.18. The summed E-state index contributed by atoms with van der Waals surface area (Å²) in [5.74, 6) is -0.0209. The van der Waals surface area contributed by atoms with Gasteiger partial charge in [-0.2, -0.15) is 0 Å². The second-order valence-electron chi connectivity index (χ2n) is 2.67. The topological polar surface area (TPSA) is 58.6 Å². The van der Waals surface area contributed by atoms with Gasteiger partial charge in [-0.05, 0) is 6.42 Å². The highest BCUT2D eigenvalue weighted by Gasteiger charge is 2.10. The Hall–Kier alpha value is -0.130. The first-order valence-corrected chi connectivity index (χ1v) is 5.31. The molecule has 0 fully saturated rings. The summed E-state index contributed by atoms with van der Waals surface area (Å²) in [6.07, 6.45) is 0.980. The molecule has 0 saturated carbocycles. The van der Waals surface area contributed by atoms with Gasteiger partial charge in [0, 0.05) is 25.5 Å². The number of hydrogen-bond donors (Lipinski definition) is 2. The Balaban J connectivity index is 3.71. The molecule has 0 aliphatic heterocycles. The summed E-state index contributed by atoms with van der Waals surface area (Å²) in [5.41, 5.74) is 0. The van der Waals surface area contributed by atoms with Gasteiger partial charge in [0.05, 0.1) is 12.6 Å². The number of ether oxygens (including phenoxy) is 1. The summed E-state index contributed by atoms with van der Waals surface area (Å²) in [6.45, 7) is 0.497. The quantitative estimate of drug-likeness (QED) is 0.642. The van der Waals surface area contributed by atoms with E-state index in [2.05, 4.69) is 21.2 Å². The van der Waals surface area contributed by atoms with Gasteiger partial charge in [0.2, 0.25) is 5.91 Å². The minimum absolute atomic E-state index is 0.0209. The fourth-order valence-electron chi connectivity index (χ4n) is 0.940. The van der Waals surface area contributed by atoms with Crippen LogP contribution >= 0.6 is 15.9 Å². The maximum atomic E-state index is 11.1. The Morgan fingerprint density at radius 3 is 2.85 bits per heavy atom. The maximum Gasteiger partial charge on any atom is 0.221 e. The van der Waals surface area contributed by atoms with E-state index >= 15 is 0 Å². The average molecular weight is 254 g/mol. The van der Waals surface area contributed by atoms with E-state index in [0.29, 0.717) is 24.8 Å². The third kappa shape index (κ3) is 6.98. The zero-order chi connectivity index (χ0) is 10.1. The molecule has 0 aromatic carbocycles. The highest BCUT2D eigenvalue weighted by molar-refractivity contribution is 9.09. The van der Waals surface area contributed by atoms with Crippen LogP contribution in [0.3, 0.4) is 0 Å². The number of carbonyl (C=O) groups is 1. The van der Waals surface area contributed by atoms with Gasteiger partial charge in [-0.1, -0.05) is 15.9 Å². The molecule has 2 N–H and O–H groups in total. The lowest BCUT2D eigenvalue weighted by Crippen LogP contribution is -2.38. The van der Waals surface area contributed by atoms with Gasteiger partial charge >= 0.3 is 0 Å². The average Bonchev–Trinajstić information content (AvgIpc) is 2.05. The van der Waals surface area contributed by atoms with Crippen LogP contribution in [-0.2, 0) is 9.53 Å². The van der Waals surface area contributed by atoms with Crippen molar-refractivity contribution in [3.63, 3.8) is 0 Å². The zero-order valence-electron chi connectivity index (χ0n) is 7.75. The van der Waals surface area contributed by atoms with Crippen LogP contribution in [-0.4, -0.2) is 42.7 Å². The van der Waals surface area contributed by atoms with Gasteiger partial charge in [0.15, 0.2) is 0 Å². The van der Waals surface area contributed by atoms with Gasteiger partial charge in [-0.3, -0.25) is 4.79 Å². The van der Waals surface area contributed by atoms with Crippen LogP contribution in [0.2, 0.25) is 0 Å². The molecule has 0 aromatic rings. The highest BCUT2D eigenvalue weighted by Crippen LogP contribution is 1.94. The highest BCUT2D eigenvalue weighted by atomic mass is 79.9. The van der Waals surface area contributed by atoms with Crippen molar-refractivity contribution in [3.05, 3.63) is 0 Å². The van der Waals surface area contributed by atoms with E-state index in [1.807, 2.05) is 0 Å². The van der Waals surface area contributed by atoms with E-state index < -0.39 is 0 Å². The summed E-state index contributed by atoms with van der Waals surface area (Å²) in [6, 6.07) is -0.0819. The minimum Gasteiger partial charge on any atom is -0.396 e. The second kappa shape index (κ2) is 8.47. The van der Waals surface area contributed by atoms with Gasteiger partial charge in [-0.15, -0.1) is 0 Å². The largest absolute Gasteiger partial charge is 0.396 e. The molecule has 0 radical (unpaired) electrons. The lowest BCUT2D eigenvalue weighted by molar-refractivity contribution is -0.121. The van der Waals surface area contributed by atoms with E-state index in [9.17, 15) is 4.79 Å². The zero-order valence-corrected chi connectivity index (χ0v) is 9.34. The number of aliphatic hydroxyl groups is 1. The standard InChI is InChI=1S/C8H16BrNO3/c1-13-6-7(3-5-11)10-8(12)2-4-9/h7,11H,2-6H2,1H3,(H,10,12). The van der Waals surface area contributed by atoms with E-state index in [-0.39, 0.29) is 18.6 Å². The Morgan fingerprint density at radius 1 is 1.69 bits per heavy atom. The van der Waals surface area contributed by atoms with Crippen LogP contribution in [0.15, 0.2) is 0 Å². The molecule has 4 nitrogen and oxygen atoms in total. The monoisotopic (exact) mass is 253 g/mol. The van der Waals surface area contributed by atoms with Gasteiger partial charge < -0.3 is 15.2 Å². The van der Waals surface area contributed by atoms with Crippen LogP contribution in [0, 0.1) is 0 Å². The van der Waals surface area contributed by atoms with E-state index in [1.165, 1.54) is 0 Å². The van der Waals surface area contributed by atoms with Crippen LogP contribution in [0.25, 0.3) is 0 Å². The molecule has 0 saturated heterocycles. The Morgan fingerprint density at radius 2 is 2.38 bits per heavy atom. The number of amides is 1. The second-order valence-corrected chi connectivity index (χ2v) is 3.46. The Bertz CT molecular complexity index is 137. The summed E-state index contributed by atoms with van der Waals surface area (Å²) in [7, 11) is 1.57. The van der Waals surface area contributed by atoms with Gasteiger partial charge in [0.25, 0.3) is 0 Å². The number of alkyl halides is 1. The first-order chi connectivity index (χ1) is 6.24. The van der Waals surface area contributed by atoms with Crippen molar-refractivity contribution < 1.29 is 14.6 Å². The Kier molecular flexibility index (Phi) is 8.38. The lowest BCUT2D eigenvalue weighted by atomic mass is 10.2.